The van der Waals surface area contributed by atoms with Gasteiger partial charge in [-0.05, 0) is 19.2 Å². The Balaban J connectivity index is 2.26. The van der Waals surface area contributed by atoms with Gasteiger partial charge in [-0.25, -0.2) is 0 Å². The number of nitro groups is 1. The largest absolute Gasteiger partial charge is 0.457 e. The molecule has 0 heterocycles. The van der Waals surface area contributed by atoms with E-state index in [9.17, 15) is 14.5 Å². The van der Waals surface area contributed by atoms with E-state index in [1.54, 1.807) is 12.1 Å². The Morgan fingerprint density at radius 3 is 2.70 bits per heavy atom. The molecule has 0 fully saturated rings. The molecule has 2 rings (SSSR count). The van der Waals surface area contributed by atoms with Gasteiger partial charge in [-0.1, -0.05) is 18.2 Å². The first-order valence-electron chi connectivity index (χ1n) is 5.96. The van der Waals surface area contributed by atoms with E-state index in [2.05, 4.69) is 5.32 Å². The Bertz CT molecular complexity index is 632. The van der Waals surface area contributed by atoms with Crippen molar-refractivity contribution in [3.63, 3.8) is 0 Å². The first-order valence-corrected chi connectivity index (χ1v) is 5.96. The number of para-hydroxylation sites is 1. The van der Waals surface area contributed by atoms with Crippen LogP contribution >= 0.6 is 0 Å². The zero-order valence-electron chi connectivity index (χ0n) is 10.8. The van der Waals surface area contributed by atoms with Crippen LogP contribution in [0.4, 0.5) is 10.1 Å². The molecule has 0 aliphatic heterocycles. The van der Waals surface area contributed by atoms with Gasteiger partial charge in [0.05, 0.1) is 4.92 Å². The van der Waals surface area contributed by atoms with E-state index in [0.29, 0.717) is 12.3 Å². The lowest BCUT2D eigenvalue weighted by Crippen LogP contribution is -2.06. The van der Waals surface area contributed by atoms with E-state index in [1.807, 2.05) is 19.2 Å². The lowest BCUT2D eigenvalue weighted by Gasteiger charge is -2.10. The number of rotatable bonds is 5. The Kier molecular flexibility index (Phi) is 4.27. The summed E-state index contributed by atoms with van der Waals surface area (Å²) in [5.74, 6) is -0.120. The fourth-order valence-corrected chi connectivity index (χ4v) is 1.77. The van der Waals surface area contributed by atoms with Gasteiger partial charge in [-0.3, -0.25) is 10.1 Å². The van der Waals surface area contributed by atoms with E-state index in [1.165, 1.54) is 6.07 Å². The molecule has 0 spiro atoms. The van der Waals surface area contributed by atoms with Crippen LogP contribution in [0.1, 0.15) is 5.56 Å². The maximum absolute atomic E-state index is 13.5. The molecule has 0 saturated carbocycles. The quantitative estimate of drug-likeness (QED) is 0.672. The van der Waals surface area contributed by atoms with E-state index in [4.69, 9.17) is 4.74 Å². The van der Waals surface area contributed by atoms with Crippen molar-refractivity contribution in [1.29, 1.82) is 0 Å². The summed E-state index contributed by atoms with van der Waals surface area (Å²) in [5.41, 5.74) is 0.342. The third kappa shape index (κ3) is 3.10. The van der Waals surface area contributed by atoms with Gasteiger partial charge in [0.2, 0.25) is 5.82 Å². The fourth-order valence-electron chi connectivity index (χ4n) is 1.77. The summed E-state index contributed by atoms with van der Waals surface area (Å²) in [6.45, 7) is 0.603. The van der Waals surface area contributed by atoms with Crippen LogP contribution in [-0.4, -0.2) is 12.0 Å². The highest BCUT2D eigenvalue weighted by Gasteiger charge is 2.15. The highest BCUT2D eigenvalue weighted by molar-refractivity contribution is 5.42. The molecular formula is C14H13FN2O3. The average Bonchev–Trinajstić information content (AvgIpc) is 2.41. The number of ether oxygens (including phenoxy) is 1. The number of nitro benzene ring substituents is 1. The van der Waals surface area contributed by atoms with Crippen LogP contribution in [0.15, 0.2) is 42.5 Å². The van der Waals surface area contributed by atoms with Gasteiger partial charge >= 0.3 is 5.69 Å². The highest BCUT2D eigenvalue weighted by Crippen LogP contribution is 2.28. The zero-order valence-corrected chi connectivity index (χ0v) is 10.8. The van der Waals surface area contributed by atoms with Gasteiger partial charge < -0.3 is 10.1 Å². The Labute approximate surface area is 115 Å². The second-order valence-electron chi connectivity index (χ2n) is 4.11. The second-order valence-corrected chi connectivity index (χ2v) is 4.11. The van der Waals surface area contributed by atoms with E-state index >= 15 is 0 Å². The van der Waals surface area contributed by atoms with Gasteiger partial charge in [-0.15, -0.1) is 0 Å². The molecular weight excluding hydrogens is 263 g/mol. The molecule has 0 saturated heterocycles. The summed E-state index contributed by atoms with van der Waals surface area (Å²) in [5, 5.41) is 13.5. The Morgan fingerprint density at radius 2 is 2.05 bits per heavy atom. The fraction of sp³-hybridized carbons (Fsp3) is 0.143. The number of nitrogens with zero attached hydrogens (tertiary/aromatic N) is 1. The van der Waals surface area contributed by atoms with Crippen molar-refractivity contribution in [3.8, 4) is 11.5 Å². The maximum Gasteiger partial charge on any atom is 0.305 e. The summed E-state index contributed by atoms with van der Waals surface area (Å²) < 4.78 is 19.1. The van der Waals surface area contributed by atoms with Crippen molar-refractivity contribution < 1.29 is 14.1 Å². The normalized spacial score (nSPS) is 10.3. The van der Waals surface area contributed by atoms with Crippen LogP contribution in [0, 0.1) is 15.9 Å². The third-order valence-electron chi connectivity index (χ3n) is 2.68. The highest BCUT2D eigenvalue weighted by atomic mass is 19.1. The van der Waals surface area contributed by atoms with Crippen molar-refractivity contribution in [2.75, 3.05) is 7.05 Å². The van der Waals surface area contributed by atoms with Gasteiger partial charge in [0, 0.05) is 24.2 Å². The van der Waals surface area contributed by atoms with Crippen LogP contribution in [0.2, 0.25) is 0 Å². The first-order chi connectivity index (χ1) is 9.61. The predicted octanol–water partition coefficient (Wildman–Crippen LogP) is 3.25. The minimum absolute atomic E-state index is 0.219. The monoisotopic (exact) mass is 276 g/mol. The van der Waals surface area contributed by atoms with Crippen LogP contribution < -0.4 is 10.1 Å². The molecule has 5 nitrogen and oxygen atoms in total. The maximum atomic E-state index is 13.5. The predicted molar refractivity (Wildman–Crippen MR) is 72.3 cm³/mol. The molecule has 0 amide bonds. The summed E-state index contributed by atoms with van der Waals surface area (Å²) in [7, 11) is 1.81. The molecule has 104 valence electrons. The van der Waals surface area contributed by atoms with Crippen molar-refractivity contribution in [1.82, 2.24) is 5.32 Å². The first kappa shape index (κ1) is 14.0. The number of hydrogen-bond donors (Lipinski definition) is 1. The second kappa shape index (κ2) is 6.12. The zero-order chi connectivity index (χ0) is 14.5. The van der Waals surface area contributed by atoms with E-state index in [-0.39, 0.29) is 5.75 Å². The molecule has 0 aliphatic carbocycles. The van der Waals surface area contributed by atoms with Crippen molar-refractivity contribution in [3.05, 3.63) is 64.0 Å². The van der Waals surface area contributed by atoms with E-state index in [0.717, 1.165) is 17.7 Å². The van der Waals surface area contributed by atoms with Crippen LogP contribution in [-0.2, 0) is 6.54 Å². The topological polar surface area (TPSA) is 64.4 Å². The molecule has 20 heavy (non-hydrogen) atoms. The molecule has 0 atom stereocenters. The molecule has 6 heteroatoms. The van der Waals surface area contributed by atoms with Crippen LogP contribution in [0.25, 0.3) is 0 Å². The molecule has 0 radical (unpaired) electrons. The van der Waals surface area contributed by atoms with Crippen LogP contribution in [0.3, 0.4) is 0 Å². The molecule has 2 aromatic carbocycles. The molecule has 0 bridgehead atoms. The minimum atomic E-state index is -0.918. The minimum Gasteiger partial charge on any atom is -0.457 e. The molecule has 0 unspecified atom stereocenters. The molecule has 0 aliphatic rings. The Hall–Kier alpha value is -2.47. The molecule has 2 aromatic rings. The lowest BCUT2D eigenvalue weighted by molar-refractivity contribution is -0.387. The van der Waals surface area contributed by atoms with Gasteiger partial charge in [-0.2, -0.15) is 4.39 Å². The van der Waals surface area contributed by atoms with Gasteiger partial charge in [0.1, 0.15) is 11.5 Å². The van der Waals surface area contributed by atoms with Gasteiger partial charge in [0.25, 0.3) is 0 Å². The molecule has 0 aromatic heterocycles. The Morgan fingerprint density at radius 1 is 1.30 bits per heavy atom. The number of nitrogens with one attached hydrogen (secondary N) is 1. The summed E-state index contributed by atoms with van der Waals surface area (Å²) in [4.78, 5) is 9.78. The van der Waals surface area contributed by atoms with Crippen LogP contribution in [0.5, 0.6) is 11.5 Å². The van der Waals surface area contributed by atoms with Crippen molar-refractivity contribution in [2.24, 2.45) is 0 Å². The van der Waals surface area contributed by atoms with Crippen molar-refractivity contribution >= 4 is 5.69 Å². The van der Waals surface area contributed by atoms with Crippen molar-refractivity contribution in [2.45, 2.75) is 6.54 Å². The van der Waals surface area contributed by atoms with Gasteiger partial charge in [0.15, 0.2) is 0 Å². The summed E-state index contributed by atoms with van der Waals surface area (Å²) in [6.07, 6.45) is 0. The number of halogens is 1. The number of benzene rings is 2. The average molecular weight is 276 g/mol. The third-order valence-corrected chi connectivity index (χ3v) is 2.68. The summed E-state index contributed by atoms with van der Waals surface area (Å²) in [6, 6.07) is 10.8. The lowest BCUT2D eigenvalue weighted by atomic mass is 10.2. The smallest absolute Gasteiger partial charge is 0.305 e. The molecule has 1 N–H and O–H groups in total. The SMILES string of the molecule is CNCc1ccccc1Oc1ccc([N+](=O)[O-])c(F)c1. The van der Waals surface area contributed by atoms with E-state index < -0.39 is 16.4 Å². The number of hydrogen-bond acceptors (Lipinski definition) is 4. The standard InChI is InChI=1S/C14H13FN2O3/c1-16-9-10-4-2-3-5-14(10)20-11-6-7-13(17(18)19)12(15)8-11/h2-8,16H,9H2,1H3. The summed E-state index contributed by atoms with van der Waals surface area (Å²) >= 11 is 0.